The fourth-order valence-corrected chi connectivity index (χ4v) is 4.40. The fourth-order valence-electron chi connectivity index (χ4n) is 3.62. The minimum Gasteiger partial charge on any atom is -0.467 e. The largest absolute Gasteiger partial charge is 0.467 e. The normalized spacial score (nSPS) is 18.4. The van der Waals surface area contributed by atoms with Gasteiger partial charge in [0.2, 0.25) is 5.88 Å². The number of pyridine rings is 1. The first-order chi connectivity index (χ1) is 15.0. The van der Waals surface area contributed by atoms with Gasteiger partial charge in [-0.15, -0.1) is 0 Å². The second-order valence-electron chi connectivity index (χ2n) is 7.79. The van der Waals surface area contributed by atoms with Crippen molar-refractivity contribution in [2.45, 2.75) is 31.7 Å². The van der Waals surface area contributed by atoms with Crippen LogP contribution in [0.2, 0.25) is 10.0 Å². The molecule has 3 rings (SSSR count). The molecule has 1 aliphatic rings. The van der Waals surface area contributed by atoms with Crippen molar-refractivity contribution in [3.8, 4) is 5.88 Å². The summed E-state index contributed by atoms with van der Waals surface area (Å²) in [7, 11) is -4.38. The van der Waals surface area contributed by atoms with Crippen LogP contribution in [0.25, 0.3) is 0 Å². The Bertz CT molecular complexity index is 1070. The Balaban J connectivity index is 1.60. The van der Waals surface area contributed by atoms with E-state index in [1.165, 1.54) is 19.2 Å². The minimum absolute atomic E-state index is 0.0264. The van der Waals surface area contributed by atoms with Gasteiger partial charge < -0.3 is 9.64 Å². The molecule has 1 aromatic carbocycles. The molecule has 2 heterocycles. The van der Waals surface area contributed by atoms with Crippen molar-refractivity contribution in [2.75, 3.05) is 26.2 Å². The van der Waals surface area contributed by atoms with Crippen molar-refractivity contribution in [1.82, 2.24) is 14.8 Å². The Labute approximate surface area is 197 Å². The molecule has 1 saturated heterocycles. The molecule has 0 saturated carbocycles. The molecule has 11 heteroatoms. The van der Waals surface area contributed by atoms with Crippen LogP contribution < -0.4 is 4.74 Å². The van der Waals surface area contributed by atoms with Crippen LogP contribution in [0, 0.1) is 0 Å². The maximum atomic E-state index is 12.8. The number of ether oxygens (including phenoxy) is 1. The van der Waals surface area contributed by atoms with Crippen molar-refractivity contribution in [1.29, 1.82) is 0 Å². The number of carbonyl (C=O) groups excluding carboxylic acids is 1. The van der Waals surface area contributed by atoms with Gasteiger partial charge in [0, 0.05) is 49.0 Å². The van der Waals surface area contributed by atoms with Crippen molar-refractivity contribution >= 4 is 39.2 Å². The maximum absolute atomic E-state index is 12.8. The lowest BCUT2D eigenvalue weighted by molar-refractivity contribution is -0.138. The lowest BCUT2D eigenvalue weighted by atomic mass is 10.1. The predicted octanol–water partition coefficient (Wildman–Crippen LogP) is 3.45. The smallest absolute Gasteiger partial charge is 0.271 e. The molecule has 2 atom stereocenters. The number of benzene rings is 1. The van der Waals surface area contributed by atoms with E-state index in [4.69, 9.17) is 27.9 Å². The first-order valence-electron chi connectivity index (χ1n) is 10.1. The van der Waals surface area contributed by atoms with Gasteiger partial charge in [0.15, 0.2) is 6.61 Å². The van der Waals surface area contributed by atoms with Gasteiger partial charge in [-0.05, 0) is 37.6 Å². The zero-order chi connectivity index (χ0) is 23.5. The summed E-state index contributed by atoms with van der Waals surface area (Å²) in [6.45, 7) is 5.69. The number of aromatic nitrogens is 1. The maximum Gasteiger partial charge on any atom is 0.271 e. The number of piperazine rings is 1. The molecule has 0 bridgehead atoms. The quantitative estimate of drug-likeness (QED) is 0.579. The van der Waals surface area contributed by atoms with E-state index in [2.05, 4.69) is 9.88 Å². The number of halogens is 2. The molecule has 8 nitrogen and oxygen atoms in total. The zero-order valence-electron chi connectivity index (χ0n) is 17.7. The van der Waals surface area contributed by atoms with E-state index in [0.717, 1.165) is 12.1 Å². The monoisotopic (exact) mass is 501 g/mol. The molecular weight excluding hydrogens is 477 g/mol. The number of carbonyl (C=O) groups is 1. The summed E-state index contributed by atoms with van der Waals surface area (Å²) < 4.78 is 38.0. The first-order valence-corrected chi connectivity index (χ1v) is 12.3. The van der Waals surface area contributed by atoms with E-state index in [1.807, 2.05) is 31.2 Å². The van der Waals surface area contributed by atoms with Crippen molar-refractivity contribution in [3.63, 3.8) is 0 Å². The van der Waals surface area contributed by atoms with E-state index in [-0.39, 0.29) is 35.0 Å². The summed E-state index contributed by atoms with van der Waals surface area (Å²) in [6, 6.07) is 9.02. The average molecular weight is 502 g/mol. The number of hydrogen-bond donors (Lipinski definition) is 1. The SMILES string of the molecule is CC(c1cc(Cl)cnc1OCC(=O)N1CCN(Cc2ccc(Cl)cc2)C[C@H]1C)S(=O)(=O)O. The molecule has 0 radical (unpaired) electrons. The van der Waals surface area contributed by atoms with Gasteiger partial charge in [-0.2, -0.15) is 8.42 Å². The Morgan fingerprint density at radius 1 is 1.25 bits per heavy atom. The standard InChI is InChI=1S/C21H25Cl2N3O5S/c1-14-11-25(12-16-3-5-17(22)6-4-16)7-8-26(14)20(27)13-31-21-19(9-18(23)10-24-21)15(2)32(28,29)30/h3-6,9-10,14-15H,7-8,11-13H2,1-2H3,(H,28,29,30)/t14-,15?/m1/s1. The van der Waals surface area contributed by atoms with Gasteiger partial charge in [-0.25, -0.2) is 4.98 Å². The first kappa shape index (κ1) is 24.7. The van der Waals surface area contributed by atoms with E-state index in [1.54, 1.807) is 4.90 Å². The summed E-state index contributed by atoms with van der Waals surface area (Å²) in [5, 5.41) is -0.407. The van der Waals surface area contributed by atoms with E-state index in [0.29, 0.717) is 24.7 Å². The lowest BCUT2D eigenvalue weighted by Crippen LogP contribution is -2.54. The molecule has 1 aromatic heterocycles. The lowest BCUT2D eigenvalue weighted by Gasteiger charge is -2.39. The highest BCUT2D eigenvalue weighted by Gasteiger charge is 2.29. The highest BCUT2D eigenvalue weighted by atomic mass is 35.5. The molecule has 1 aliphatic heterocycles. The number of amides is 1. The fraction of sp³-hybridized carbons (Fsp3) is 0.429. The van der Waals surface area contributed by atoms with Crippen molar-refractivity contribution in [3.05, 3.63) is 57.7 Å². The molecular formula is C21H25Cl2N3O5S. The second kappa shape index (κ2) is 10.4. The minimum atomic E-state index is -4.38. The van der Waals surface area contributed by atoms with Gasteiger partial charge >= 0.3 is 0 Å². The molecule has 1 fully saturated rings. The van der Waals surface area contributed by atoms with Gasteiger partial charge in [0.05, 0.1) is 5.02 Å². The van der Waals surface area contributed by atoms with Crippen LogP contribution in [-0.2, 0) is 21.5 Å². The predicted molar refractivity (Wildman–Crippen MR) is 123 cm³/mol. The highest BCUT2D eigenvalue weighted by Crippen LogP contribution is 2.30. The summed E-state index contributed by atoms with van der Waals surface area (Å²) in [5.74, 6) is -0.284. The van der Waals surface area contributed by atoms with Gasteiger partial charge in [0.25, 0.3) is 16.0 Å². The van der Waals surface area contributed by atoms with Gasteiger partial charge in [0.1, 0.15) is 5.25 Å². The highest BCUT2D eigenvalue weighted by molar-refractivity contribution is 7.86. The number of nitrogens with zero attached hydrogens (tertiary/aromatic N) is 3. The second-order valence-corrected chi connectivity index (χ2v) is 10.4. The number of rotatable bonds is 7. The summed E-state index contributed by atoms with van der Waals surface area (Å²) >= 11 is 11.9. The van der Waals surface area contributed by atoms with E-state index < -0.39 is 15.4 Å². The van der Waals surface area contributed by atoms with Crippen molar-refractivity contribution < 1.29 is 22.5 Å². The Hall–Kier alpha value is -1.91. The Morgan fingerprint density at radius 2 is 1.94 bits per heavy atom. The van der Waals surface area contributed by atoms with E-state index in [9.17, 15) is 17.8 Å². The number of hydrogen-bond acceptors (Lipinski definition) is 6. The third kappa shape index (κ3) is 6.32. The summed E-state index contributed by atoms with van der Waals surface area (Å²) in [4.78, 5) is 20.8. The molecule has 2 aromatic rings. The Morgan fingerprint density at radius 3 is 2.56 bits per heavy atom. The van der Waals surface area contributed by atoms with Crippen molar-refractivity contribution in [2.24, 2.45) is 0 Å². The summed E-state index contributed by atoms with van der Waals surface area (Å²) in [6.07, 6.45) is 1.29. The molecule has 1 unspecified atom stereocenters. The molecule has 1 N–H and O–H groups in total. The zero-order valence-corrected chi connectivity index (χ0v) is 20.1. The topological polar surface area (TPSA) is 100 Å². The molecule has 1 amide bonds. The van der Waals surface area contributed by atoms with Crippen LogP contribution in [0.1, 0.15) is 30.2 Å². The van der Waals surface area contributed by atoms with Gasteiger partial charge in [-0.3, -0.25) is 14.2 Å². The van der Waals surface area contributed by atoms with Crippen LogP contribution in [0.3, 0.4) is 0 Å². The van der Waals surface area contributed by atoms with Gasteiger partial charge in [-0.1, -0.05) is 35.3 Å². The third-order valence-corrected chi connectivity index (χ3v) is 7.02. The van der Waals surface area contributed by atoms with Crippen LogP contribution in [0.4, 0.5) is 0 Å². The average Bonchev–Trinajstić information content (AvgIpc) is 2.73. The molecule has 174 valence electrons. The van der Waals surface area contributed by atoms with Crippen LogP contribution in [0.15, 0.2) is 36.5 Å². The van der Waals surface area contributed by atoms with E-state index >= 15 is 0 Å². The third-order valence-electron chi connectivity index (χ3n) is 5.41. The summed E-state index contributed by atoms with van der Waals surface area (Å²) in [5.41, 5.74) is 1.24. The van der Waals surface area contributed by atoms with Crippen LogP contribution >= 0.6 is 23.2 Å². The van der Waals surface area contributed by atoms with Crippen LogP contribution in [-0.4, -0.2) is 65.9 Å². The molecule has 32 heavy (non-hydrogen) atoms. The van der Waals surface area contributed by atoms with Crippen LogP contribution in [0.5, 0.6) is 5.88 Å². The molecule has 0 spiro atoms. The molecule has 0 aliphatic carbocycles. The Kier molecular flexibility index (Phi) is 8.00.